The third-order valence-corrected chi connectivity index (χ3v) is 2.78. The Hall–Kier alpha value is -1.39. The lowest BCUT2D eigenvalue weighted by Gasteiger charge is -2.08. The minimum Gasteiger partial charge on any atom is -0.463 e. The normalized spacial score (nSPS) is 9.13. The predicted molar refractivity (Wildman–Crippen MR) is 134 cm³/mol. The summed E-state index contributed by atoms with van der Waals surface area (Å²) in [5.74, 6) is 0.504. The highest BCUT2D eigenvalue weighted by atomic mass is 16.5. The van der Waals surface area contributed by atoms with E-state index in [9.17, 15) is 14.4 Å². The van der Waals surface area contributed by atoms with Crippen molar-refractivity contribution >= 4 is 17.7 Å². The zero-order chi connectivity index (χ0) is 21.6. The van der Waals surface area contributed by atoms with Crippen molar-refractivity contribution in [3.05, 3.63) is 0 Å². The van der Waals surface area contributed by atoms with Gasteiger partial charge in [0.2, 0.25) is 0 Å². The van der Waals surface area contributed by atoms with Gasteiger partial charge in [-0.15, -0.1) is 0 Å². The highest BCUT2D eigenvalue weighted by Crippen LogP contribution is 2.03. The Bertz CT molecular complexity index is 358. The Labute approximate surface area is 190 Å². The molecule has 0 atom stereocenters. The second kappa shape index (κ2) is 25.6. The molecule has 0 aromatic rings. The molecule has 5 heteroatoms. The summed E-state index contributed by atoms with van der Waals surface area (Å²) in [5, 5.41) is 0. The van der Waals surface area contributed by atoms with Crippen LogP contribution in [0.4, 0.5) is 0 Å². The van der Waals surface area contributed by atoms with Gasteiger partial charge in [0.1, 0.15) is 5.78 Å². The molecule has 0 heterocycles. The topological polar surface area (TPSA) is 69.7 Å². The van der Waals surface area contributed by atoms with Gasteiger partial charge >= 0.3 is 11.9 Å². The third-order valence-electron chi connectivity index (χ3n) is 2.78. The molecule has 30 heavy (non-hydrogen) atoms. The standard InChI is InChI=1S/2C7H14O2.C7H14O.4CH4/c2*1-5(2)7(8)9-6(3)4;1-5(2)7(8)6(3)4;;;;/h2*5-6H,1-4H3;5-6H,1-4H3;4*1H4. The summed E-state index contributed by atoms with van der Waals surface area (Å²) in [6, 6.07) is 0. The Balaban J connectivity index is -0.0000000497. The minimum absolute atomic E-state index is 0. The van der Waals surface area contributed by atoms with Crippen molar-refractivity contribution in [3.8, 4) is 0 Å². The Morgan fingerprint density at radius 1 is 0.433 bits per heavy atom. The first-order chi connectivity index (χ1) is 11.6. The number of ketones is 1. The molecule has 188 valence electrons. The van der Waals surface area contributed by atoms with E-state index in [1.807, 2.05) is 83.1 Å². The summed E-state index contributed by atoms with van der Waals surface area (Å²) in [6.07, 6.45) is 0.0276. The van der Waals surface area contributed by atoms with Crippen LogP contribution in [0, 0.1) is 23.7 Å². The summed E-state index contributed by atoms with van der Waals surface area (Å²) in [5.41, 5.74) is 0. The number of ether oxygens (including phenoxy) is 2. The van der Waals surface area contributed by atoms with Crippen LogP contribution in [0.1, 0.15) is 113 Å². The number of esters is 2. The molecule has 0 aliphatic heterocycles. The quantitative estimate of drug-likeness (QED) is 0.399. The molecule has 0 N–H and O–H groups in total. The van der Waals surface area contributed by atoms with E-state index in [1.165, 1.54) is 0 Å². The van der Waals surface area contributed by atoms with Crippen molar-refractivity contribution in [2.24, 2.45) is 23.7 Å². The molecule has 0 fully saturated rings. The molecule has 0 spiro atoms. The van der Waals surface area contributed by atoms with Crippen LogP contribution in [0.2, 0.25) is 0 Å². The maximum atomic E-state index is 10.8. The van der Waals surface area contributed by atoms with E-state index in [2.05, 4.69) is 0 Å². The van der Waals surface area contributed by atoms with Gasteiger partial charge in [0.25, 0.3) is 0 Å². The maximum Gasteiger partial charge on any atom is 0.308 e. The van der Waals surface area contributed by atoms with Crippen molar-refractivity contribution < 1.29 is 23.9 Å². The van der Waals surface area contributed by atoms with Gasteiger partial charge in [-0.05, 0) is 27.7 Å². The summed E-state index contributed by atoms with van der Waals surface area (Å²) >= 11 is 0. The van der Waals surface area contributed by atoms with Gasteiger partial charge in [-0.3, -0.25) is 14.4 Å². The summed E-state index contributed by atoms with van der Waals surface area (Å²) < 4.78 is 9.75. The van der Waals surface area contributed by atoms with Crippen molar-refractivity contribution in [1.29, 1.82) is 0 Å². The van der Waals surface area contributed by atoms with E-state index < -0.39 is 0 Å². The highest BCUT2D eigenvalue weighted by Gasteiger charge is 2.10. The van der Waals surface area contributed by atoms with E-state index in [1.54, 1.807) is 0 Å². The zero-order valence-electron chi connectivity index (χ0n) is 19.0. The largest absolute Gasteiger partial charge is 0.463 e. The van der Waals surface area contributed by atoms with Crippen molar-refractivity contribution in [2.75, 3.05) is 0 Å². The lowest BCUT2D eigenvalue weighted by molar-refractivity contribution is -0.152. The fourth-order valence-corrected chi connectivity index (χ4v) is 1.40. The van der Waals surface area contributed by atoms with Crippen LogP contribution in [0.25, 0.3) is 0 Å². The first-order valence-electron chi connectivity index (χ1n) is 9.57. The van der Waals surface area contributed by atoms with Crippen molar-refractivity contribution in [2.45, 2.75) is 125 Å². The van der Waals surface area contributed by atoms with Crippen molar-refractivity contribution in [3.63, 3.8) is 0 Å². The fourth-order valence-electron chi connectivity index (χ4n) is 1.40. The molecule has 0 saturated carbocycles. The van der Waals surface area contributed by atoms with Gasteiger partial charge in [0, 0.05) is 11.8 Å². The van der Waals surface area contributed by atoms with Gasteiger partial charge in [0.05, 0.1) is 24.0 Å². The van der Waals surface area contributed by atoms with Gasteiger partial charge in [-0.1, -0.05) is 85.1 Å². The third kappa shape index (κ3) is 34.1. The van der Waals surface area contributed by atoms with Gasteiger partial charge in [-0.2, -0.15) is 0 Å². The van der Waals surface area contributed by atoms with E-state index in [-0.39, 0.29) is 77.5 Å². The number of carbonyl (C=O) groups is 3. The van der Waals surface area contributed by atoms with Gasteiger partial charge in [-0.25, -0.2) is 0 Å². The molecule has 0 aromatic carbocycles. The lowest BCUT2D eigenvalue weighted by atomic mass is 9.99. The Morgan fingerprint density at radius 2 is 0.633 bits per heavy atom. The van der Waals surface area contributed by atoms with Crippen LogP contribution in [0.15, 0.2) is 0 Å². The summed E-state index contributed by atoms with van der Waals surface area (Å²) in [7, 11) is 0. The molecule has 0 unspecified atom stereocenters. The molecule has 0 radical (unpaired) electrons. The molecule has 0 aliphatic rings. The van der Waals surface area contributed by atoms with Gasteiger partial charge in [0.15, 0.2) is 0 Å². The fraction of sp³-hybridized carbons (Fsp3) is 0.880. The van der Waals surface area contributed by atoms with Crippen LogP contribution in [-0.4, -0.2) is 29.9 Å². The monoisotopic (exact) mass is 438 g/mol. The van der Waals surface area contributed by atoms with Crippen molar-refractivity contribution in [1.82, 2.24) is 0 Å². The van der Waals surface area contributed by atoms with Gasteiger partial charge < -0.3 is 9.47 Å². The smallest absolute Gasteiger partial charge is 0.308 e. The number of rotatable bonds is 6. The van der Waals surface area contributed by atoms with Crippen LogP contribution in [-0.2, 0) is 23.9 Å². The number of hydrogen-bond acceptors (Lipinski definition) is 5. The second-order valence-electron chi connectivity index (χ2n) is 7.99. The minimum atomic E-state index is -0.120. The number of Topliss-reactive ketones (excluding diaryl/α,β-unsaturated/α-hetero) is 1. The average molecular weight is 439 g/mol. The van der Waals surface area contributed by atoms with E-state index in [0.717, 1.165) is 0 Å². The molecule has 0 aromatic heterocycles. The molecule has 0 amide bonds. The highest BCUT2D eigenvalue weighted by molar-refractivity contribution is 5.82. The van der Waals surface area contributed by atoms with E-state index in [4.69, 9.17) is 9.47 Å². The second-order valence-corrected chi connectivity index (χ2v) is 7.99. The molecule has 0 saturated heterocycles. The zero-order valence-corrected chi connectivity index (χ0v) is 19.0. The maximum absolute atomic E-state index is 10.8. The Kier molecular flexibility index (Phi) is 39.9. The molecular formula is C25H58O5. The van der Waals surface area contributed by atoms with E-state index >= 15 is 0 Å². The summed E-state index contributed by atoms with van der Waals surface area (Å²) in [4.78, 5) is 32.3. The molecule has 0 bridgehead atoms. The van der Waals surface area contributed by atoms with Crippen LogP contribution in [0.5, 0.6) is 0 Å². The first kappa shape index (κ1) is 46.7. The summed E-state index contributed by atoms with van der Waals surface area (Å²) in [6.45, 7) is 22.4. The molecule has 0 aliphatic carbocycles. The van der Waals surface area contributed by atoms with E-state index in [0.29, 0.717) is 5.78 Å². The molecule has 5 nitrogen and oxygen atoms in total. The van der Waals surface area contributed by atoms with Crippen LogP contribution < -0.4 is 0 Å². The Morgan fingerprint density at radius 3 is 0.667 bits per heavy atom. The number of hydrogen-bond donors (Lipinski definition) is 0. The molecule has 0 rings (SSSR count). The molecular weight excluding hydrogens is 380 g/mol. The SMILES string of the molecule is C.C.C.C.CC(C)C(=O)C(C)C.CC(C)OC(=O)C(C)C.CC(C)OC(=O)C(C)C. The lowest BCUT2D eigenvalue weighted by Crippen LogP contribution is -2.16. The van der Waals surface area contributed by atoms with Crippen LogP contribution >= 0.6 is 0 Å². The average Bonchev–Trinajstić information content (AvgIpc) is 2.45. The van der Waals surface area contributed by atoms with Crippen LogP contribution in [0.3, 0.4) is 0 Å². The predicted octanol–water partition coefficient (Wildman–Crippen LogP) is 7.60. The first-order valence-corrected chi connectivity index (χ1v) is 9.57. The number of carbonyl (C=O) groups excluding carboxylic acids is 3.